The Balaban J connectivity index is 2.19. The average Bonchev–Trinajstić information content (AvgIpc) is 2.33. The minimum atomic E-state index is -0.393. The van der Waals surface area contributed by atoms with Gasteiger partial charge in [-0.1, -0.05) is 13.3 Å². The summed E-state index contributed by atoms with van der Waals surface area (Å²) in [6.07, 6.45) is 4.49. The molecule has 0 atom stereocenters. The van der Waals surface area contributed by atoms with E-state index in [0.29, 0.717) is 5.92 Å². The van der Waals surface area contributed by atoms with Gasteiger partial charge in [0, 0.05) is 13.1 Å². The number of likely N-dealkylation sites (tertiary alicyclic amines) is 1. The molecule has 0 aliphatic carbocycles. The largest absolute Gasteiger partial charge is 0.444 e. The second-order valence-corrected chi connectivity index (χ2v) is 6.47. The summed E-state index contributed by atoms with van der Waals surface area (Å²) >= 11 is 0. The van der Waals surface area contributed by atoms with E-state index >= 15 is 0 Å². The molecule has 0 aromatic heterocycles. The normalized spacial score (nSPS) is 17.6. The molecule has 0 radical (unpaired) electrons. The maximum atomic E-state index is 11.9. The van der Waals surface area contributed by atoms with Crippen molar-refractivity contribution in [3.8, 4) is 0 Å². The number of ether oxygens (including phenoxy) is 1. The Hall–Kier alpha value is -0.770. The third-order valence-electron chi connectivity index (χ3n) is 3.41. The average molecular weight is 270 g/mol. The molecule has 1 saturated heterocycles. The Morgan fingerprint density at radius 2 is 1.95 bits per heavy atom. The van der Waals surface area contributed by atoms with Crippen LogP contribution in [0.1, 0.15) is 53.4 Å². The molecule has 19 heavy (non-hydrogen) atoms. The van der Waals surface area contributed by atoms with E-state index in [-0.39, 0.29) is 6.09 Å². The molecule has 0 spiro atoms. The standard InChI is InChI=1S/C15H30N2O2/c1-5-6-9-16-12-13-7-10-17(11-8-13)14(18)19-15(2,3)4/h13,16H,5-12H2,1-4H3. The summed E-state index contributed by atoms with van der Waals surface area (Å²) in [6.45, 7) is 11.8. The second-order valence-electron chi connectivity index (χ2n) is 6.47. The van der Waals surface area contributed by atoms with Gasteiger partial charge in [0.25, 0.3) is 0 Å². The lowest BCUT2D eigenvalue weighted by Crippen LogP contribution is -2.43. The van der Waals surface area contributed by atoms with Crippen molar-refractivity contribution in [1.82, 2.24) is 10.2 Å². The summed E-state index contributed by atoms with van der Waals surface area (Å²) in [5.41, 5.74) is -0.393. The highest BCUT2D eigenvalue weighted by atomic mass is 16.6. The number of rotatable bonds is 5. The van der Waals surface area contributed by atoms with Crippen LogP contribution in [0.25, 0.3) is 0 Å². The molecule has 1 heterocycles. The molecule has 1 aliphatic heterocycles. The van der Waals surface area contributed by atoms with Crippen LogP contribution in [0.3, 0.4) is 0 Å². The van der Waals surface area contributed by atoms with Crippen molar-refractivity contribution in [2.75, 3.05) is 26.2 Å². The van der Waals surface area contributed by atoms with Crippen LogP contribution in [-0.4, -0.2) is 42.8 Å². The van der Waals surface area contributed by atoms with Crippen LogP contribution in [0.4, 0.5) is 4.79 Å². The maximum absolute atomic E-state index is 11.9. The van der Waals surface area contributed by atoms with Crippen molar-refractivity contribution in [2.45, 2.75) is 59.0 Å². The maximum Gasteiger partial charge on any atom is 0.410 e. The molecule has 1 rings (SSSR count). The number of amides is 1. The summed E-state index contributed by atoms with van der Waals surface area (Å²) in [6, 6.07) is 0. The van der Waals surface area contributed by atoms with Gasteiger partial charge in [-0.15, -0.1) is 0 Å². The zero-order valence-electron chi connectivity index (χ0n) is 13.0. The van der Waals surface area contributed by atoms with Crippen molar-refractivity contribution in [1.29, 1.82) is 0 Å². The van der Waals surface area contributed by atoms with Gasteiger partial charge in [0.1, 0.15) is 5.60 Å². The van der Waals surface area contributed by atoms with Crippen LogP contribution >= 0.6 is 0 Å². The Morgan fingerprint density at radius 1 is 1.32 bits per heavy atom. The first-order valence-electron chi connectivity index (χ1n) is 7.61. The monoisotopic (exact) mass is 270 g/mol. The molecule has 0 unspecified atom stereocenters. The molecule has 0 aromatic carbocycles. The molecule has 4 nitrogen and oxygen atoms in total. The van der Waals surface area contributed by atoms with E-state index in [1.807, 2.05) is 25.7 Å². The molecular formula is C15H30N2O2. The lowest BCUT2D eigenvalue weighted by Gasteiger charge is -2.33. The number of piperidine rings is 1. The Morgan fingerprint density at radius 3 is 2.47 bits per heavy atom. The van der Waals surface area contributed by atoms with Crippen LogP contribution in [0.15, 0.2) is 0 Å². The summed E-state index contributed by atoms with van der Waals surface area (Å²) in [4.78, 5) is 13.7. The lowest BCUT2D eigenvalue weighted by atomic mass is 9.97. The van der Waals surface area contributed by atoms with Gasteiger partial charge in [-0.25, -0.2) is 4.79 Å². The van der Waals surface area contributed by atoms with Gasteiger partial charge in [-0.3, -0.25) is 0 Å². The minimum absolute atomic E-state index is 0.162. The number of unbranched alkanes of at least 4 members (excludes halogenated alkanes) is 1. The van der Waals surface area contributed by atoms with E-state index in [2.05, 4.69) is 12.2 Å². The van der Waals surface area contributed by atoms with Crippen LogP contribution < -0.4 is 5.32 Å². The van der Waals surface area contributed by atoms with Crippen molar-refractivity contribution in [3.63, 3.8) is 0 Å². The fourth-order valence-electron chi connectivity index (χ4n) is 2.25. The summed E-state index contributed by atoms with van der Waals surface area (Å²) in [7, 11) is 0. The Kier molecular flexibility index (Phi) is 6.63. The molecular weight excluding hydrogens is 240 g/mol. The first-order valence-corrected chi connectivity index (χ1v) is 7.61. The highest BCUT2D eigenvalue weighted by Crippen LogP contribution is 2.19. The number of nitrogens with one attached hydrogen (secondary N) is 1. The van der Waals surface area contributed by atoms with Gasteiger partial charge < -0.3 is 15.0 Å². The van der Waals surface area contributed by atoms with E-state index in [1.54, 1.807) is 0 Å². The number of nitrogens with zero attached hydrogens (tertiary/aromatic N) is 1. The predicted octanol–water partition coefficient (Wildman–Crippen LogP) is 3.02. The molecule has 0 aromatic rings. The summed E-state index contributed by atoms with van der Waals surface area (Å²) < 4.78 is 5.40. The molecule has 0 bridgehead atoms. The highest BCUT2D eigenvalue weighted by molar-refractivity contribution is 5.68. The van der Waals surface area contributed by atoms with Crippen LogP contribution in [-0.2, 0) is 4.74 Å². The molecule has 1 N–H and O–H groups in total. The molecule has 1 fully saturated rings. The SMILES string of the molecule is CCCCNCC1CCN(C(=O)OC(C)(C)C)CC1. The quantitative estimate of drug-likeness (QED) is 0.781. The van der Waals surface area contributed by atoms with Crippen LogP contribution in [0, 0.1) is 5.92 Å². The van der Waals surface area contributed by atoms with E-state index in [1.165, 1.54) is 12.8 Å². The van der Waals surface area contributed by atoms with E-state index in [0.717, 1.165) is 39.0 Å². The van der Waals surface area contributed by atoms with Crippen molar-refractivity contribution < 1.29 is 9.53 Å². The lowest BCUT2D eigenvalue weighted by molar-refractivity contribution is 0.0184. The van der Waals surface area contributed by atoms with Crippen molar-refractivity contribution in [2.24, 2.45) is 5.92 Å². The van der Waals surface area contributed by atoms with Crippen molar-refractivity contribution >= 4 is 6.09 Å². The smallest absolute Gasteiger partial charge is 0.410 e. The Labute approximate surface area is 117 Å². The zero-order chi connectivity index (χ0) is 14.3. The summed E-state index contributed by atoms with van der Waals surface area (Å²) in [5.74, 6) is 0.704. The van der Waals surface area contributed by atoms with Crippen molar-refractivity contribution in [3.05, 3.63) is 0 Å². The van der Waals surface area contributed by atoms with E-state index in [4.69, 9.17) is 4.74 Å². The molecule has 112 valence electrons. The number of carbonyl (C=O) groups excluding carboxylic acids is 1. The third-order valence-corrected chi connectivity index (χ3v) is 3.41. The molecule has 0 saturated carbocycles. The molecule has 1 aliphatic rings. The predicted molar refractivity (Wildman–Crippen MR) is 78.3 cm³/mol. The number of hydrogen-bond donors (Lipinski definition) is 1. The van der Waals surface area contributed by atoms with E-state index in [9.17, 15) is 4.79 Å². The summed E-state index contributed by atoms with van der Waals surface area (Å²) in [5, 5.41) is 3.50. The second kappa shape index (κ2) is 7.73. The molecule has 1 amide bonds. The van der Waals surface area contributed by atoms with Crippen LogP contribution in [0.5, 0.6) is 0 Å². The minimum Gasteiger partial charge on any atom is -0.444 e. The van der Waals surface area contributed by atoms with Gasteiger partial charge >= 0.3 is 6.09 Å². The van der Waals surface area contributed by atoms with E-state index < -0.39 is 5.60 Å². The highest BCUT2D eigenvalue weighted by Gasteiger charge is 2.26. The van der Waals surface area contributed by atoms with Crippen LogP contribution in [0.2, 0.25) is 0 Å². The van der Waals surface area contributed by atoms with Gasteiger partial charge in [-0.05, 0) is 59.0 Å². The Bertz CT molecular complexity index is 266. The van der Waals surface area contributed by atoms with Gasteiger partial charge in [0.15, 0.2) is 0 Å². The topological polar surface area (TPSA) is 41.6 Å². The fraction of sp³-hybridized carbons (Fsp3) is 0.933. The third kappa shape index (κ3) is 6.81. The molecule has 4 heteroatoms. The first-order chi connectivity index (χ1) is 8.92. The fourth-order valence-corrected chi connectivity index (χ4v) is 2.25. The van der Waals surface area contributed by atoms with Gasteiger partial charge in [0.05, 0.1) is 0 Å². The first kappa shape index (κ1) is 16.3. The van der Waals surface area contributed by atoms with Gasteiger partial charge in [-0.2, -0.15) is 0 Å². The zero-order valence-corrected chi connectivity index (χ0v) is 13.0. The number of carbonyl (C=O) groups is 1. The number of hydrogen-bond acceptors (Lipinski definition) is 3. The van der Waals surface area contributed by atoms with Gasteiger partial charge in [0.2, 0.25) is 0 Å².